The third kappa shape index (κ3) is 3.30. The summed E-state index contributed by atoms with van der Waals surface area (Å²) in [4.78, 5) is 3.94. The van der Waals surface area contributed by atoms with Gasteiger partial charge in [0.1, 0.15) is 4.90 Å². The number of sulfonamides is 1. The van der Waals surface area contributed by atoms with Gasteiger partial charge in [0, 0.05) is 18.4 Å². The van der Waals surface area contributed by atoms with Crippen LogP contribution in [0.5, 0.6) is 0 Å². The first-order chi connectivity index (χ1) is 9.42. The molecule has 1 aliphatic rings. The predicted molar refractivity (Wildman–Crippen MR) is 79.6 cm³/mol. The number of rotatable bonds is 4. The minimum atomic E-state index is -3.59. The van der Waals surface area contributed by atoms with Gasteiger partial charge in [-0.05, 0) is 30.7 Å². The van der Waals surface area contributed by atoms with E-state index < -0.39 is 10.0 Å². The second kappa shape index (κ2) is 6.10. The summed E-state index contributed by atoms with van der Waals surface area (Å²) < 4.78 is 27.8. The van der Waals surface area contributed by atoms with E-state index in [1.807, 2.05) is 0 Å². The van der Waals surface area contributed by atoms with Gasteiger partial charge in [-0.15, -0.1) is 0 Å². The van der Waals surface area contributed by atoms with Gasteiger partial charge >= 0.3 is 0 Å². The van der Waals surface area contributed by atoms with Crippen LogP contribution in [0.15, 0.2) is 23.4 Å². The van der Waals surface area contributed by atoms with Crippen LogP contribution in [0.4, 0.5) is 5.69 Å². The molecule has 20 heavy (non-hydrogen) atoms. The predicted octanol–water partition coefficient (Wildman–Crippen LogP) is 2.16. The first kappa shape index (κ1) is 15.3. The quantitative estimate of drug-likeness (QED) is 0.891. The van der Waals surface area contributed by atoms with Crippen LogP contribution in [-0.2, 0) is 10.0 Å². The molecule has 0 amide bonds. The minimum absolute atomic E-state index is 0.00615. The SMILES string of the molecule is CC(C)C1CCCCC1NS(=O)(=O)c1cnccc1N. The highest BCUT2D eigenvalue weighted by molar-refractivity contribution is 7.89. The Morgan fingerprint density at radius 1 is 1.35 bits per heavy atom. The van der Waals surface area contributed by atoms with Crippen molar-refractivity contribution in [3.63, 3.8) is 0 Å². The molecule has 0 radical (unpaired) electrons. The molecule has 112 valence electrons. The average molecular weight is 297 g/mol. The molecule has 5 nitrogen and oxygen atoms in total. The molecule has 1 saturated carbocycles. The maximum absolute atomic E-state index is 12.5. The summed E-state index contributed by atoms with van der Waals surface area (Å²) in [5, 5.41) is 0. The van der Waals surface area contributed by atoms with Crippen molar-refractivity contribution in [2.45, 2.75) is 50.5 Å². The van der Waals surface area contributed by atoms with E-state index in [-0.39, 0.29) is 16.6 Å². The highest BCUT2D eigenvalue weighted by Gasteiger charge is 2.31. The monoisotopic (exact) mass is 297 g/mol. The van der Waals surface area contributed by atoms with Gasteiger partial charge in [0.05, 0.1) is 5.69 Å². The van der Waals surface area contributed by atoms with E-state index in [4.69, 9.17) is 5.73 Å². The summed E-state index contributed by atoms with van der Waals surface area (Å²) in [6, 6.07) is 1.50. The molecule has 0 bridgehead atoms. The van der Waals surface area contributed by atoms with E-state index in [0.29, 0.717) is 11.8 Å². The second-order valence-electron chi connectivity index (χ2n) is 5.83. The topological polar surface area (TPSA) is 85.1 Å². The van der Waals surface area contributed by atoms with Crippen molar-refractivity contribution in [2.24, 2.45) is 11.8 Å². The van der Waals surface area contributed by atoms with Gasteiger partial charge in [0.2, 0.25) is 10.0 Å². The normalized spacial score (nSPS) is 23.9. The fraction of sp³-hybridized carbons (Fsp3) is 0.643. The highest BCUT2D eigenvalue weighted by atomic mass is 32.2. The van der Waals surface area contributed by atoms with E-state index in [1.54, 1.807) is 0 Å². The lowest BCUT2D eigenvalue weighted by molar-refractivity contribution is 0.226. The maximum atomic E-state index is 12.5. The molecule has 1 fully saturated rings. The number of nitrogens with zero attached hydrogens (tertiary/aromatic N) is 1. The molecule has 1 aromatic rings. The van der Waals surface area contributed by atoms with Crippen molar-refractivity contribution in [1.82, 2.24) is 9.71 Å². The van der Waals surface area contributed by atoms with Crippen molar-refractivity contribution in [3.05, 3.63) is 18.5 Å². The summed E-state index contributed by atoms with van der Waals surface area (Å²) in [6.45, 7) is 4.30. The summed E-state index contributed by atoms with van der Waals surface area (Å²) >= 11 is 0. The zero-order valence-electron chi connectivity index (χ0n) is 12.0. The number of nitrogens with one attached hydrogen (secondary N) is 1. The van der Waals surface area contributed by atoms with Crippen molar-refractivity contribution < 1.29 is 8.42 Å². The third-order valence-corrected chi connectivity index (χ3v) is 5.62. The minimum Gasteiger partial charge on any atom is -0.398 e. The van der Waals surface area contributed by atoms with Gasteiger partial charge in [0.15, 0.2) is 0 Å². The summed E-state index contributed by atoms with van der Waals surface area (Å²) in [6.07, 6.45) is 7.02. The Balaban J connectivity index is 2.21. The number of aromatic nitrogens is 1. The fourth-order valence-corrected chi connectivity index (χ4v) is 4.38. The molecule has 1 aromatic heterocycles. The lowest BCUT2D eigenvalue weighted by atomic mass is 9.78. The molecule has 6 heteroatoms. The van der Waals surface area contributed by atoms with Gasteiger partial charge in [-0.25, -0.2) is 13.1 Å². The van der Waals surface area contributed by atoms with Gasteiger partial charge in [0.25, 0.3) is 0 Å². The molecule has 0 saturated heterocycles. The number of hydrogen-bond acceptors (Lipinski definition) is 4. The lowest BCUT2D eigenvalue weighted by Gasteiger charge is -2.34. The van der Waals surface area contributed by atoms with Crippen LogP contribution < -0.4 is 10.5 Å². The van der Waals surface area contributed by atoms with Gasteiger partial charge < -0.3 is 5.73 Å². The number of nitrogens with two attached hydrogens (primary N) is 1. The first-order valence-corrected chi connectivity index (χ1v) is 8.62. The van der Waals surface area contributed by atoms with Gasteiger partial charge in [-0.3, -0.25) is 4.98 Å². The van der Waals surface area contributed by atoms with Gasteiger partial charge in [-0.2, -0.15) is 0 Å². The smallest absolute Gasteiger partial charge is 0.244 e. The van der Waals surface area contributed by atoms with E-state index in [2.05, 4.69) is 23.6 Å². The largest absolute Gasteiger partial charge is 0.398 e. The second-order valence-corrected chi connectivity index (χ2v) is 7.52. The van der Waals surface area contributed by atoms with Crippen LogP contribution in [-0.4, -0.2) is 19.4 Å². The lowest BCUT2D eigenvalue weighted by Crippen LogP contribution is -2.44. The fourth-order valence-electron chi connectivity index (χ4n) is 2.98. The molecular weight excluding hydrogens is 274 g/mol. The van der Waals surface area contributed by atoms with Crippen LogP contribution >= 0.6 is 0 Å². The zero-order valence-corrected chi connectivity index (χ0v) is 12.9. The summed E-state index contributed by atoms with van der Waals surface area (Å²) in [5.74, 6) is 0.852. The highest BCUT2D eigenvalue weighted by Crippen LogP contribution is 2.31. The Kier molecular flexibility index (Phi) is 4.65. The number of pyridine rings is 1. The summed E-state index contributed by atoms with van der Waals surface area (Å²) in [7, 11) is -3.59. The molecule has 2 atom stereocenters. The number of anilines is 1. The van der Waals surface area contributed by atoms with E-state index in [9.17, 15) is 8.42 Å². The van der Waals surface area contributed by atoms with Crippen LogP contribution in [0, 0.1) is 11.8 Å². The van der Waals surface area contributed by atoms with Crippen LogP contribution in [0.1, 0.15) is 39.5 Å². The Morgan fingerprint density at radius 2 is 2.05 bits per heavy atom. The molecule has 2 unspecified atom stereocenters. The van der Waals surface area contributed by atoms with Crippen LogP contribution in [0.3, 0.4) is 0 Å². The molecular formula is C14H23N3O2S. The number of nitrogen functional groups attached to an aromatic ring is 1. The van der Waals surface area contributed by atoms with Crippen LogP contribution in [0.2, 0.25) is 0 Å². The number of hydrogen-bond donors (Lipinski definition) is 2. The Bertz CT molecular complexity index is 557. The summed E-state index contributed by atoms with van der Waals surface area (Å²) in [5.41, 5.74) is 5.99. The molecule has 0 aliphatic heterocycles. The molecule has 3 N–H and O–H groups in total. The van der Waals surface area contributed by atoms with Crippen molar-refractivity contribution >= 4 is 15.7 Å². The maximum Gasteiger partial charge on any atom is 0.244 e. The van der Waals surface area contributed by atoms with E-state index in [1.165, 1.54) is 24.9 Å². The Labute approximate surface area is 121 Å². The van der Waals surface area contributed by atoms with Crippen molar-refractivity contribution in [1.29, 1.82) is 0 Å². The van der Waals surface area contributed by atoms with E-state index in [0.717, 1.165) is 19.3 Å². The molecule has 0 aromatic carbocycles. The molecule has 2 rings (SSSR count). The third-order valence-electron chi connectivity index (χ3n) is 4.09. The van der Waals surface area contributed by atoms with Gasteiger partial charge in [-0.1, -0.05) is 26.7 Å². The molecule has 1 aliphatic carbocycles. The van der Waals surface area contributed by atoms with Crippen LogP contribution in [0.25, 0.3) is 0 Å². The first-order valence-electron chi connectivity index (χ1n) is 7.13. The molecule has 0 spiro atoms. The standard InChI is InChI=1S/C14H23N3O2S/c1-10(2)11-5-3-4-6-13(11)17-20(18,19)14-9-16-8-7-12(14)15/h7-11,13,17H,3-6H2,1-2H3,(H2,15,16). The van der Waals surface area contributed by atoms with Crippen molar-refractivity contribution in [2.75, 3.05) is 5.73 Å². The van der Waals surface area contributed by atoms with E-state index >= 15 is 0 Å². The molecule has 1 heterocycles. The Morgan fingerprint density at radius 3 is 2.70 bits per heavy atom. The average Bonchev–Trinajstić information content (AvgIpc) is 2.39. The Hall–Kier alpha value is -1.14. The zero-order chi connectivity index (χ0) is 14.8. The van der Waals surface area contributed by atoms with Crippen molar-refractivity contribution in [3.8, 4) is 0 Å².